The van der Waals surface area contributed by atoms with Gasteiger partial charge in [-0.3, -0.25) is 9.69 Å². The van der Waals surface area contributed by atoms with E-state index in [-0.39, 0.29) is 23.4 Å². The van der Waals surface area contributed by atoms with Gasteiger partial charge in [-0.15, -0.1) is 0 Å². The molecule has 3 heterocycles. The Balaban J connectivity index is 1.47. The molecule has 0 spiro atoms. The Hall–Kier alpha value is -2.97. The number of anilines is 1. The fourth-order valence-electron chi connectivity index (χ4n) is 3.54. The molecule has 0 aliphatic carbocycles. The van der Waals surface area contributed by atoms with E-state index >= 15 is 0 Å². The molecular weight excluding hydrogens is 353 g/mol. The molecule has 0 saturated carbocycles. The number of benzene rings is 1. The average Bonchev–Trinajstić information content (AvgIpc) is 3.30. The second-order valence-electron chi connectivity index (χ2n) is 6.79. The number of nitrogens with one attached hydrogen (secondary N) is 1. The van der Waals surface area contributed by atoms with Crippen molar-refractivity contribution >= 4 is 17.6 Å². The number of hydrogen-bond acceptors (Lipinski definition) is 5. The summed E-state index contributed by atoms with van der Waals surface area (Å²) >= 11 is 0. The Labute approximate surface area is 155 Å². The van der Waals surface area contributed by atoms with Crippen molar-refractivity contribution in [1.82, 2.24) is 20.4 Å². The van der Waals surface area contributed by atoms with E-state index in [1.807, 2.05) is 0 Å². The molecule has 2 fully saturated rings. The smallest absolute Gasteiger partial charge is 0.321 e. The van der Waals surface area contributed by atoms with Crippen LogP contribution in [0.15, 0.2) is 22.7 Å². The van der Waals surface area contributed by atoms with E-state index in [0.29, 0.717) is 56.4 Å². The molecule has 142 valence electrons. The van der Waals surface area contributed by atoms with Gasteiger partial charge < -0.3 is 14.7 Å². The number of carbonyl (C=O) groups excluding carboxylic acids is 2. The highest BCUT2D eigenvalue weighted by Crippen LogP contribution is 2.28. The molecule has 0 bridgehead atoms. The first-order valence-electron chi connectivity index (χ1n) is 8.97. The summed E-state index contributed by atoms with van der Waals surface area (Å²) in [6.07, 6.45) is 1.37. The number of rotatable bonds is 3. The van der Waals surface area contributed by atoms with Crippen LogP contribution in [-0.4, -0.2) is 53.2 Å². The first kappa shape index (κ1) is 17.4. The van der Waals surface area contributed by atoms with Gasteiger partial charge in [-0.05, 0) is 38.0 Å². The van der Waals surface area contributed by atoms with Gasteiger partial charge in [0.05, 0.1) is 5.56 Å². The summed E-state index contributed by atoms with van der Waals surface area (Å²) in [5.41, 5.74) is 0.505. The van der Waals surface area contributed by atoms with Gasteiger partial charge in [0.2, 0.25) is 5.89 Å². The number of piperidine rings is 1. The summed E-state index contributed by atoms with van der Waals surface area (Å²) in [5, 5.41) is 6.50. The lowest BCUT2D eigenvalue weighted by atomic mass is 9.96. The normalized spacial score (nSPS) is 18.1. The van der Waals surface area contributed by atoms with Gasteiger partial charge in [-0.1, -0.05) is 5.16 Å². The molecule has 0 unspecified atom stereocenters. The van der Waals surface area contributed by atoms with Gasteiger partial charge in [-0.25, -0.2) is 9.18 Å². The van der Waals surface area contributed by atoms with Crippen molar-refractivity contribution in [2.75, 3.05) is 31.1 Å². The van der Waals surface area contributed by atoms with Gasteiger partial charge >= 0.3 is 6.03 Å². The number of aryl methyl sites for hydroxylation is 1. The minimum atomic E-state index is -0.585. The lowest BCUT2D eigenvalue weighted by Gasteiger charge is -2.30. The van der Waals surface area contributed by atoms with Crippen LogP contribution in [0.5, 0.6) is 0 Å². The number of hydrogen-bond donors (Lipinski definition) is 1. The van der Waals surface area contributed by atoms with E-state index in [9.17, 15) is 14.0 Å². The largest absolute Gasteiger partial charge is 0.339 e. The number of carbonyl (C=O) groups is 2. The topological polar surface area (TPSA) is 91.6 Å². The molecule has 27 heavy (non-hydrogen) atoms. The first-order chi connectivity index (χ1) is 13.0. The van der Waals surface area contributed by atoms with Crippen LogP contribution in [0.4, 0.5) is 14.9 Å². The fraction of sp³-hybridized carbons (Fsp3) is 0.444. The fourth-order valence-corrected chi connectivity index (χ4v) is 3.54. The summed E-state index contributed by atoms with van der Waals surface area (Å²) in [6, 6.07) is 3.97. The van der Waals surface area contributed by atoms with Crippen LogP contribution in [0.2, 0.25) is 0 Å². The van der Waals surface area contributed by atoms with Crippen LogP contribution in [0.25, 0.3) is 0 Å². The molecule has 2 aromatic rings. The Kier molecular flexibility index (Phi) is 4.51. The molecule has 0 atom stereocenters. The molecule has 4 rings (SSSR count). The van der Waals surface area contributed by atoms with Crippen LogP contribution in [-0.2, 0) is 0 Å². The SMILES string of the molecule is Cc1noc(C2CCN(C(=O)c3cc(N4CCNC4=O)ccc3F)CC2)n1. The molecule has 9 heteroatoms. The van der Waals surface area contributed by atoms with Crippen molar-refractivity contribution in [3.8, 4) is 0 Å². The molecule has 2 aliphatic heterocycles. The number of aromatic nitrogens is 2. The van der Waals surface area contributed by atoms with Gasteiger partial charge in [0, 0.05) is 37.8 Å². The molecule has 0 radical (unpaired) electrons. The number of nitrogens with zero attached hydrogens (tertiary/aromatic N) is 4. The summed E-state index contributed by atoms with van der Waals surface area (Å²) in [5.74, 6) is 0.341. The number of urea groups is 1. The second kappa shape index (κ2) is 6.98. The zero-order valence-corrected chi connectivity index (χ0v) is 14.9. The minimum Gasteiger partial charge on any atom is -0.339 e. The Bertz CT molecular complexity index is 876. The maximum atomic E-state index is 14.3. The highest BCUT2D eigenvalue weighted by molar-refractivity contribution is 5.98. The van der Waals surface area contributed by atoms with E-state index in [0.717, 1.165) is 0 Å². The van der Waals surface area contributed by atoms with Crippen molar-refractivity contribution in [3.05, 3.63) is 41.3 Å². The van der Waals surface area contributed by atoms with Crippen molar-refractivity contribution in [1.29, 1.82) is 0 Å². The van der Waals surface area contributed by atoms with Gasteiger partial charge in [0.1, 0.15) is 5.82 Å². The monoisotopic (exact) mass is 373 g/mol. The zero-order valence-electron chi connectivity index (χ0n) is 14.9. The molecular formula is C18H20FN5O3. The van der Waals surface area contributed by atoms with Gasteiger partial charge in [0.25, 0.3) is 5.91 Å². The van der Waals surface area contributed by atoms with Crippen molar-refractivity contribution in [2.24, 2.45) is 0 Å². The third-order valence-electron chi connectivity index (χ3n) is 5.02. The maximum absolute atomic E-state index is 14.3. The number of halogens is 1. The zero-order chi connectivity index (χ0) is 19.0. The predicted molar refractivity (Wildman–Crippen MR) is 94.1 cm³/mol. The highest BCUT2D eigenvalue weighted by atomic mass is 19.1. The second-order valence-corrected chi connectivity index (χ2v) is 6.79. The molecule has 1 N–H and O–H groups in total. The lowest BCUT2D eigenvalue weighted by molar-refractivity contribution is 0.0700. The van der Waals surface area contributed by atoms with Crippen LogP contribution >= 0.6 is 0 Å². The molecule has 1 aromatic carbocycles. The van der Waals surface area contributed by atoms with E-state index < -0.39 is 5.82 Å². The standard InChI is InChI=1S/C18H20FN5O3/c1-11-21-16(27-22-11)12-4-7-23(8-5-12)17(25)14-10-13(2-3-15(14)19)24-9-6-20-18(24)26/h2-3,10,12H,4-9H2,1H3,(H,20,26). The lowest BCUT2D eigenvalue weighted by Crippen LogP contribution is -2.38. The molecule has 2 saturated heterocycles. The van der Waals surface area contributed by atoms with Crippen LogP contribution in [0.1, 0.15) is 40.8 Å². The van der Waals surface area contributed by atoms with Gasteiger partial charge in [0.15, 0.2) is 5.82 Å². The van der Waals surface area contributed by atoms with E-state index in [2.05, 4.69) is 15.5 Å². The summed E-state index contributed by atoms with van der Waals surface area (Å²) < 4.78 is 19.5. The van der Waals surface area contributed by atoms with E-state index in [4.69, 9.17) is 4.52 Å². The quantitative estimate of drug-likeness (QED) is 0.889. The summed E-state index contributed by atoms with van der Waals surface area (Å²) in [4.78, 5) is 32.0. The van der Waals surface area contributed by atoms with Crippen LogP contribution in [0.3, 0.4) is 0 Å². The Morgan fingerprint density at radius 1 is 1.30 bits per heavy atom. The third-order valence-corrected chi connectivity index (χ3v) is 5.02. The highest BCUT2D eigenvalue weighted by Gasteiger charge is 2.30. The van der Waals surface area contributed by atoms with Gasteiger partial charge in [-0.2, -0.15) is 4.98 Å². The molecule has 8 nitrogen and oxygen atoms in total. The maximum Gasteiger partial charge on any atom is 0.321 e. The third kappa shape index (κ3) is 3.36. The first-order valence-corrected chi connectivity index (χ1v) is 8.97. The molecule has 3 amide bonds. The van der Waals surface area contributed by atoms with Crippen LogP contribution in [0, 0.1) is 12.7 Å². The van der Waals surface area contributed by atoms with E-state index in [1.54, 1.807) is 11.8 Å². The average molecular weight is 373 g/mol. The van der Waals surface area contributed by atoms with Crippen molar-refractivity contribution in [2.45, 2.75) is 25.7 Å². The van der Waals surface area contributed by atoms with Crippen molar-refractivity contribution in [3.63, 3.8) is 0 Å². The number of amides is 3. The molecule has 1 aromatic heterocycles. The summed E-state index contributed by atoms with van der Waals surface area (Å²) in [6.45, 7) is 3.76. The van der Waals surface area contributed by atoms with Crippen LogP contribution < -0.4 is 10.2 Å². The van der Waals surface area contributed by atoms with Crippen molar-refractivity contribution < 1.29 is 18.5 Å². The number of likely N-dealkylation sites (tertiary alicyclic amines) is 1. The Morgan fingerprint density at radius 3 is 2.70 bits per heavy atom. The predicted octanol–water partition coefficient (Wildman–Crippen LogP) is 2.07. The molecule has 2 aliphatic rings. The Morgan fingerprint density at radius 2 is 2.07 bits per heavy atom. The van der Waals surface area contributed by atoms with E-state index in [1.165, 1.54) is 23.1 Å². The minimum absolute atomic E-state index is 0.0146. The summed E-state index contributed by atoms with van der Waals surface area (Å²) in [7, 11) is 0.